The fraction of sp³-hybridized carbons (Fsp3) is 0.200. The zero-order valence-electron chi connectivity index (χ0n) is 15.1. The molecule has 1 N–H and O–H groups in total. The Morgan fingerprint density at radius 2 is 1.76 bits per heavy atom. The molecular weight excluding hydrogens is 411 g/mol. The first-order valence-corrected chi connectivity index (χ1v) is 9.27. The van der Waals surface area contributed by atoms with Gasteiger partial charge in [0.05, 0.1) is 11.4 Å². The molecule has 1 heterocycles. The molecule has 1 aromatic heterocycles. The van der Waals surface area contributed by atoms with Crippen molar-refractivity contribution in [1.82, 2.24) is 4.98 Å². The van der Waals surface area contributed by atoms with Crippen LogP contribution in [0.4, 0.5) is 27.6 Å². The monoisotopic (exact) mass is 426 g/mol. The zero-order valence-corrected chi connectivity index (χ0v) is 15.9. The van der Waals surface area contributed by atoms with Crippen LogP contribution in [0.15, 0.2) is 48.5 Å². The van der Waals surface area contributed by atoms with Gasteiger partial charge >= 0.3 is 6.18 Å². The number of rotatable bonds is 5. The van der Waals surface area contributed by atoms with E-state index in [0.717, 1.165) is 11.3 Å². The van der Waals surface area contributed by atoms with Gasteiger partial charge in [-0.15, -0.1) is 11.3 Å². The maximum atomic E-state index is 13.1. The minimum atomic E-state index is -4.30. The molecule has 0 atom stereocenters. The molecule has 0 unspecified atom stereocenters. The van der Waals surface area contributed by atoms with Crippen LogP contribution in [0.1, 0.15) is 32.4 Å². The number of aryl methyl sites for hydroxylation is 1. The lowest BCUT2D eigenvalue weighted by Crippen LogP contribution is -2.13. The number of benzene rings is 2. The fourth-order valence-corrected chi connectivity index (χ4v) is 3.63. The first-order valence-electron chi connectivity index (χ1n) is 8.46. The van der Waals surface area contributed by atoms with E-state index in [1.165, 1.54) is 31.2 Å². The number of anilines is 1. The van der Waals surface area contributed by atoms with Gasteiger partial charge in [-0.25, -0.2) is 13.8 Å². The average molecular weight is 426 g/mol. The first-order chi connectivity index (χ1) is 13.6. The molecule has 0 radical (unpaired) electrons. The molecule has 2 aromatic carbocycles. The van der Waals surface area contributed by atoms with Crippen molar-refractivity contribution in [2.45, 2.75) is 25.9 Å². The number of amides is 1. The normalized spacial score (nSPS) is 11.7. The van der Waals surface area contributed by atoms with Crippen LogP contribution in [-0.2, 0) is 6.42 Å². The van der Waals surface area contributed by atoms with Crippen molar-refractivity contribution in [3.05, 3.63) is 69.7 Å². The standard InChI is InChI=1S/C20H15F5N2OS/c1-11-26-16(18(21)22)17(29-11)19(28)27-15-5-3-2-4-14(15)13-8-6-12(7-9-13)10-20(23,24)25/h2-9,18H,10H2,1H3,(H,27,28). The van der Waals surface area contributed by atoms with Gasteiger partial charge in [-0.05, 0) is 24.1 Å². The third kappa shape index (κ3) is 5.17. The summed E-state index contributed by atoms with van der Waals surface area (Å²) in [7, 11) is 0. The Morgan fingerprint density at radius 3 is 2.38 bits per heavy atom. The third-order valence-corrected chi connectivity index (χ3v) is 5.00. The minimum absolute atomic E-state index is 0.115. The van der Waals surface area contributed by atoms with E-state index in [2.05, 4.69) is 10.3 Å². The van der Waals surface area contributed by atoms with Gasteiger partial charge in [-0.2, -0.15) is 13.2 Å². The molecule has 0 saturated heterocycles. The summed E-state index contributed by atoms with van der Waals surface area (Å²) in [4.78, 5) is 16.1. The summed E-state index contributed by atoms with van der Waals surface area (Å²) in [6.45, 7) is 1.53. The molecule has 0 bridgehead atoms. The van der Waals surface area contributed by atoms with E-state index in [1.54, 1.807) is 24.3 Å². The average Bonchev–Trinajstić information content (AvgIpc) is 3.04. The second kappa shape index (κ2) is 8.28. The van der Waals surface area contributed by atoms with Gasteiger partial charge in [-0.3, -0.25) is 4.79 Å². The van der Waals surface area contributed by atoms with E-state index < -0.39 is 30.6 Å². The van der Waals surface area contributed by atoms with Gasteiger partial charge in [0.2, 0.25) is 0 Å². The number of carbonyl (C=O) groups excluding carboxylic acids is 1. The number of carbonyl (C=O) groups is 1. The third-order valence-electron chi connectivity index (χ3n) is 4.02. The van der Waals surface area contributed by atoms with Crippen molar-refractivity contribution >= 4 is 22.9 Å². The molecular formula is C20H15F5N2OS. The quantitative estimate of drug-likeness (QED) is 0.479. The highest BCUT2D eigenvalue weighted by Gasteiger charge is 2.27. The van der Waals surface area contributed by atoms with Crippen LogP contribution in [0, 0.1) is 6.92 Å². The summed E-state index contributed by atoms with van der Waals surface area (Å²) in [5.74, 6) is -0.716. The Balaban J connectivity index is 1.87. The molecule has 0 spiro atoms. The Morgan fingerprint density at radius 1 is 1.10 bits per heavy atom. The Bertz CT molecular complexity index is 1010. The molecule has 0 aliphatic rings. The number of alkyl halides is 5. The number of aromatic nitrogens is 1. The molecule has 29 heavy (non-hydrogen) atoms. The topological polar surface area (TPSA) is 42.0 Å². The van der Waals surface area contributed by atoms with Crippen LogP contribution in [0.2, 0.25) is 0 Å². The molecule has 3 nitrogen and oxygen atoms in total. The van der Waals surface area contributed by atoms with Crippen LogP contribution in [-0.4, -0.2) is 17.1 Å². The highest BCUT2D eigenvalue weighted by atomic mass is 32.1. The Kier molecular flexibility index (Phi) is 5.97. The van der Waals surface area contributed by atoms with Crippen LogP contribution in [0.25, 0.3) is 11.1 Å². The van der Waals surface area contributed by atoms with E-state index in [9.17, 15) is 26.7 Å². The summed E-state index contributed by atoms with van der Waals surface area (Å²) in [5.41, 5.74) is 1.04. The molecule has 0 saturated carbocycles. The number of halogens is 5. The van der Waals surface area contributed by atoms with Crippen molar-refractivity contribution < 1.29 is 26.7 Å². The maximum Gasteiger partial charge on any atom is 0.393 e. The fourth-order valence-electron chi connectivity index (χ4n) is 2.81. The SMILES string of the molecule is Cc1nc(C(F)F)c(C(=O)Nc2ccccc2-c2ccc(CC(F)(F)F)cc2)s1. The predicted molar refractivity (Wildman–Crippen MR) is 101 cm³/mol. The van der Waals surface area contributed by atoms with Crippen LogP contribution >= 0.6 is 11.3 Å². The van der Waals surface area contributed by atoms with E-state index in [4.69, 9.17) is 0 Å². The van der Waals surface area contributed by atoms with Crippen molar-refractivity contribution in [1.29, 1.82) is 0 Å². The number of hydrogen-bond donors (Lipinski definition) is 1. The molecule has 3 rings (SSSR count). The molecule has 0 aliphatic carbocycles. The van der Waals surface area contributed by atoms with Crippen LogP contribution < -0.4 is 5.32 Å². The smallest absolute Gasteiger partial charge is 0.321 e. The highest BCUT2D eigenvalue weighted by molar-refractivity contribution is 7.13. The van der Waals surface area contributed by atoms with Crippen LogP contribution in [0.3, 0.4) is 0 Å². The van der Waals surface area contributed by atoms with Crippen molar-refractivity contribution in [3.63, 3.8) is 0 Å². The van der Waals surface area contributed by atoms with Gasteiger partial charge in [0, 0.05) is 11.3 Å². The van der Waals surface area contributed by atoms with Crippen molar-refractivity contribution in [3.8, 4) is 11.1 Å². The predicted octanol–water partition coefficient (Wildman–Crippen LogP) is 6.41. The van der Waals surface area contributed by atoms with Gasteiger partial charge in [0.1, 0.15) is 10.6 Å². The second-order valence-electron chi connectivity index (χ2n) is 6.24. The van der Waals surface area contributed by atoms with Crippen LogP contribution in [0.5, 0.6) is 0 Å². The lowest BCUT2D eigenvalue weighted by atomic mass is 10.0. The molecule has 0 fully saturated rings. The summed E-state index contributed by atoms with van der Waals surface area (Å²) in [5, 5.41) is 2.95. The zero-order chi connectivity index (χ0) is 21.2. The molecule has 0 aliphatic heterocycles. The molecule has 1 amide bonds. The number of nitrogens with one attached hydrogen (secondary N) is 1. The summed E-state index contributed by atoms with van der Waals surface area (Å²) >= 11 is 0.869. The van der Waals surface area contributed by atoms with E-state index in [-0.39, 0.29) is 10.4 Å². The maximum absolute atomic E-state index is 13.1. The number of nitrogens with zero attached hydrogens (tertiary/aromatic N) is 1. The highest BCUT2D eigenvalue weighted by Crippen LogP contribution is 2.32. The summed E-state index contributed by atoms with van der Waals surface area (Å²) in [6.07, 6.45) is -8.22. The minimum Gasteiger partial charge on any atom is -0.321 e. The second-order valence-corrected chi connectivity index (χ2v) is 7.44. The molecule has 3 aromatic rings. The van der Waals surface area contributed by atoms with Crippen molar-refractivity contribution in [2.24, 2.45) is 0 Å². The van der Waals surface area contributed by atoms with Gasteiger partial charge in [-0.1, -0.05) is 42.5 Å². The Labute approximate surface area is 167 Å². The van der Waals surface area contributed by atoms with Gasteiger partial charge in [0.15, 0.2) is 0 Å². The van der Waals surface area contributed by atoms with E-state index in [1.807, 2.05) is 0 Å². The molecule has 9 heteroatoms. The van der Waals surface area contributed by atoms with E-state index in [0.29, 0.717) is 21.8 Å². The number of thiazole rings is 1. The van der Waals surface area contributed by atoms with Gasteiger partial charge < -0.3 is 5.32 Å². The number of hydrogen-bond acceptors (Lipinski definition) is 3. The van der Waals surface area contributed by atoms with E-state index >= 15 is 0 Å². The first kappa shape index (κ1) is 20.9. The summed E-state index contributed by atoms with van der Waals surface area (Å²) in [6, 6.07) is 12.4. The van der Waals surface area contributed by atoms with Crippen molar-refractivity contribution in [2.75, 3.05) is 5.32 Å². The Hall–Kier alpha value is -2.81. The lowest BCUT2D eigenvalue weighted by molar-refractivity contribution is -0.127. The van der Waals surface area contributed by atoms with Gasteiger partial charge in [0.25, 0.3) is 12.3 Å². The number of para-hydroxylation sites is 1. The summed E-state index contributed by atoms with van der Waals surface area (Å²) < 4.78 is 63.8. The largest absolute Gasteiger partial charge is 0.393 e. The lowest BCUT2D eigenvalue weighted by Gasteiger charge is -2.12. The molecule has 152 valence electrons.